The predicted molar refractivity (Wildman–Crippen MR) is 104 cm³/mol. The van der Waals surface area contributed by atoms with E-state index in [1.165, 1.54) is 11.3 Å². The Balaban J connectivity index is 1.40. The van der Waals surface area contributed by atoms with Crippen LogP contribution < -0.4 is 10.2 Å². The van der Waals surface area contributed by atoms with E-state index in [-0.39, 0.29) is 18.5 Å². The molecule has 6 nitrogen and oxygen atoms in total. The Morgan fingerprint density at radius 3 is 2.69 bits per heavy atom. The van der Waals surface area contributed by atoms with Crippen molar-refractivity contribution in [1.29, 1.82) is 0 Å². The van der Waals surface area contributed by atoms with Crippen molar-refractivity contribution < 1.29 is 9.59 Å². The standard InChI is InChI=1S/C19H18N4O2S/c1-13-6-8-14(9-7-13)23-11-10-22(19(23)25)12-17(24)21-18-20-15-4-2-3-5-16(15)26-18/h2-9H,10-12H2,1H3,(H,20,21,24). The molecule has 0 unspecified atom stereocenters. The number of amides is 3. The first-order valence-corrected chi connectivity index (χ1v) is 9.20. The third-order valence-corrected chi connectivity index (χ3v) is 5.27. The number of rotatable bonds is 4. The first-order chi connectivity index (χ1) is 12.6. The molecule has 1 aliphatic heterocycles. The minimum Gasteiger partial charge on any atom is -0.313 e. The number of nitrogens with one attached hydrogen (secondary N) is 1. The number of anilines is 2. The molecule has 3 aromatic rings. The summed E-state index contributed by atoms with van der Waals surface area (Å²) in [7, 11) is 0. The molecule has 1 N–H and O–H groups in total. The van der Waals surface area contributed by atoms with Gasteiger partial charge in [-0.15, -0.1) is 0 Å². The van der Waals surface area contributed by atoms with Crippen LogP contribution in [0, 0.1) is 6.92 Å². The van der Waals surface area contributed by atoms with Gasteiger partial charge in [-0.05, 0) is 31.2 Å². The van der Waals surface area contributed by atoms with E-state index >= 15 is 0 Å². The number of nitrogens with zero attached hydrogens (tertiary/aromatic N) is 3. The number of hydrogen-bond donors (Lipinski definition) is 1. The van der Waals surface area contributed by atoms with Crippen molar-refractivity contribution in [3.05, 3.63) is 54.1 Å². The number of aryl methyl sites for hydroxylation is 1. The molecule has 0 atom stereocenters. The summed E-state index contributed by atoms with van der Waals surface area (Å²) in [4.78, 5) is 32.5. The van der Waals surface area contributed by atoms with Gasteiger partial charge in [-0.3, -0.25) is 9.69 Å². The minimum absolute atomic E-state index is 0.0249. The highest BCUT2D eigenvalue weighted by molar-refractivity contribution is 7.22. The van der Waals surface area contributed by atoms with Crippen molar-refractivity contribution in [2.45, 2.75) is 6.92 Å². The second-order valence-corrected chi connectivity index (χ2v) is 7.26. The van der Waals surface area contributed by atoms with Gasteiger partial charge in [0.1, 0.15) is 6.54 Å². The first kappa shape index (κ1) is 16.5. The Morgan fingerprint density at radius 2 is 1.92 bits per heavy atom. The lowest BCUT2D eigenvalue weighted by atomic mass is 10.2. The third-order valence-electron chi connectivity index (χ3n) is 4.32. The maximum atomic E-state index is 12.6. The average molecular weight is 366 g/mol. The molecular formula is C19H18N4O2S. The second-order valence-electron chi connectivity index (χ2n) is 6.23. The molecule has 132 valence electrons. The highest BCUT2D eigenvalue weighted by Crippen LogP contribution is 2.25. The Labute approximate surface area is 155 Å². The number of para-hydroxylation sites is 1. The normalized spacial score (nSPS) is 14.3. The van der Waals surface area contributed by atoms with E-state index < -0.39 is 0 Å². The summed E-state index contributed by atoms with van der Waals surface area (Å²) in [6.45, 7) is 3.14. The van der Waals surface area contributed by atoms with Gasteiger partial charge in [-0.1, -0.05) is 41.2 Å². The van der Waals surface area contributed by atoms with Gasteiger partial charge in [0.05, 0.1) is 10.2 Å². The van der Waals surface area contributed by atoms with Crippen LogP contribution in [0.3, 0.4) is 0 Å². The zero-order valence-electron chi connectivity index (χ0n) is 14.3. The summed E-state index contributed by atoms with van der Waals surface area (Å²) in [6.07, 6.45) is 0. The lowest BCUT2D eigenvalue weighted by Gasteiger charge is -2.18. The molecule has 7 heteroatoms. The van der Waals surface area contributed by atoms with Crippen LogP contribution in [0.2, 0.25) is 0 Å². The van der Waals surface area contributed by atoms with Crippen LogP contribution in [0.25, 0.3) is 10.2 Å². The van der Waals surface area contributed by atoms with Gasteiger partial charge in [0.15, 0.2) is 5.13 Å². The van der Waals surface area contributed by atoms with Gasteiger partial charge in [0.25, 0.3) is 0 Å². The third kappa shape index (κ3) is 3.25. The average Bonchev–Trinajstić information content (AvgIpc) is 3.19. The van der Waals surface area contributed by atoms with Crippen molar-refractivity contribution in [3.63, 3.8) is 0 Å². The first-order valence-electron chi connectivity index (χ1n) is 8.39. The molecule has 0 aliphatic carbocycles. The van der Waals surface area contributed by atoms with Gasteiger partial charge in [0.2, 0.25) is 5.91 Å². The summed E-state index contributed by atoms with van der Waals surface area (Å²) >= 11 is 1.43. The fraction of sp³-hybridized carbons (Fsp3) is 0.211. The topological polar surface area (TPSA) is 65.5 Å². The molecule has 1 fully saturated rings. The largest absolute Gasteiger partial charge is 0.325 e. The number of carbonyl (C=O) groups excluding carboxylic acids is 2. The van der Waals surface area contributed by atoms with Crippen LogP contribution in [0.1, 0.15) is 5.56 Å². The fourth-order valence-corrected chi connectivity index (χ4v) is 3.83. The highest BCUT2D eigenvalue weighted by atomic mass is 32.1. The molecule has 1 saturated heterocycles. The molecule has 1 aliphatic rings. The van der Waals surface area contributed by atoms with Crippen LogP contribution >= 0.6 is 11.3 Å². The van der Waals surface area contributed by atoms with Gasteiger partial charge < -0.3 is 10.2 Å². The van der Waals surface area contributed by atoms with Crippen molar-refractivity contribution in [3.8, 4) is 0 Å². The van der Waals surface area contributed by atoms with E-state index in [4.69, 9.17) is 0 Å². The fourth-order valence-electron chi connectivity index (χ4n) is 2.95. The molecule has 1 aromatic heterocycles. The number of carbonyl (C=O) groups is 2. The summed E-state index contributed by atoms with van der Waals surface area (Å²) in [5.74, 6) is -0.233. The summed E-state index contributed by atoms with van der Waals surface area (Å²) < 4.78 is 1.02. The molecule has 2 heterocycles. The lowest BCUT2D eigenvalue weighted by molar-refractivity contribution is -0.116. The van der Waals surface area contributed by atoms with E-state index in [9.17, 15) is 9.59 Å². The van der Waals surface area contributed by atoms with E-state index in [0.717, 1.165) is 21.5 Å². The molecule has 2 aromatic carbocycles. The van der Waals surface area contributed by atoms with Gasteiger partial charge >= 0.3 is 6.03 Å². The van der Waals surface area contributed by atoms with Gasteiger partial charge in [-0.25, -0.2) is 9.78 Å². The molecule has 0 spiro atoms. The maximum Gasteiger partial charge on any atom is 0.325 e. The van der Waals surface area contributed by atoms with E-state index in [2.05, 4.69) is 10.3 Å². The molecule has 0 bridgehead atoms. The van der Waals surface area contributed by atoms with Crippen LogP contribution in [0.5, 0.6) is 0 Å². The Morgan fingerprint density at radius 1 is 1.15 bits per heavy atom. The Kier molecular flexibility index (Phi) is 4.30. The number of thiazole rings is 1. The van der Waals surface area contributed by atoms with E-state index in [0.29, 0.717) is 18.2 Å². The zero-order chi connectivity index (χ0) is 18.1. The quantitative estimate of drug-likeness (QED) is 0.769. The Hall–Kier alpha value is -2.93. The zero-order valence-corrected chi connectivity index (χ0v) is 15.1. The van der Waals surface area contributed by atoms with E-state index in [1.54, 1.807) is 9.80 Å². The van der Waals surface area contributed by atoms with Crippen molar-refractivity contribution in [2.75, 3.05) is 29.9 Å². The molecular weight excluding hydrogens is 348 g/mol. The van der Waals surface area contributed by atoms with Gasteiger partial charge in [0, 0.05) is 18.8 Å². The van der Waals surface area contributed by atoms with Crippen molar-refractivity contribution in [1.82, 2.24) is 9.88 Å². The van der Waals surface area contributed by atoms with Gasteiger partial charge in [-0.2, -0.15) is 0 Å². The molecule has 4 rings (SSSR count). The van der Waals surface area contributed by atoms with Crippen LogP contribution in [0.4, 0.5) is 15.6 Å². The number of aromatic nitrogens is 1. The number of hydrogen-bond acceptors (Lipinski definition) is 4. The monoisotopic (exact) mass is 366 g/mol. The summed E-state index contributed by atoms with van der Waals surface area (Å²) in [6, 6.07) is 15.4. The second kappa shape index (κ2) is 6.76. The van der Waals surface area contributed by atoms with Crippen molar-refractivity contribution >= 4 is 44.3 Å². The molecule has 3 amide bonds. The highest BCUT2D eigenvalue weighted by Gasteiger charge is 2.30. The van der Waals surface area contributed by atoms with Crippen molar-refractivity contribution in [2.24, 2.45) is 0 Å². The smallest absolute Gasteiger partial charge is 0.313 e. The molecule has 26 heavy (non-hydrogen) atoms. The van der Waals surface area contributed by atoms with Crippen LogP contribution in [-0.2, 0) is 4.79 Å². The number of fused-ring (bicyclic) bond motifs is 1. The predicted octanol–water partition coefficient (Wildman–Crippen LogP) is 3.49. The summed E-state index contributed by atoms with van der Waals surface area (Å²) in [5.41, 5.74) is 2.86. The SMILES string of the molecule is Cc1ccc(N2CCN(CC(=O)Nc3nc4ccccc4s3)C2=O)cc1. The van der Waals surface area contributed by atoms with Crippen LogP contribution in [-0.4, -0.2) is 41.5 Å². The number of benzene rings is 2. The minimum atomic E-state index is -0.233. The van der Waals surface area contributed by atoms with E-state index in [1.807, 2.05) is 55.5 Å². The summed E-state index contributed by atoms with van der Waals surface area (Å²) in [5, 5.41) is 3.35. The maximum absolute atomic E-state index is 12.6. The van der Waals surface area contributed by atoms with Crippen LogP contribution in [0.15, 0.2) is 48.5 Å². The Bertz CT molecular complexity index is 934. The molecule has 0 radical (unpaired) electrons. The lowest BCUT2D eigenvalue weighted by Crippen LogP contribution is -2.37. The molecule has 0 saturated carbocycles. The number of urea groups is 1.